The molecule has 0 amide bonds. The second-order valence-corrected chi connectivity index (χ2v) is 7.78. The van der Waals surface area contributed by atoms with Crippen molar-refractivity contribution in [1.29, 1.82) is 0 Å². The third kappa shape index (κ3) is 2.18. The SMILES string of the molecule is Cc1ccc2c(ccc3c[n+]4c5ccc(N6CCCC6)cc5ccc4n32)c1. The Morgan fingerprint density at radius 2 is 1.67 bits per heavy atom. The summed E-state index contributed by atoms with van der Waals surface area (Å²) in [6, 6.07) is 22.6. The van der Waals surface area contributed by atoms with Crippen molar-refractivity contribution in [3.8, 4) is 0 Å². The molecule has 0 saturated carbocycles. The van der Waals surface area contributed by atoms with Gasteiger partial charge in [-0.1, -0.05) is 11.6 Å². The molecule has 3 nitrogen and oxygen atoms in total. The summed E-state index contributed by atoms with van der Waals surface area (Å²) in [5, 5.41) is 2.58. The van der Waals surface area contributed by atoms with Crippen LogP contribution >= 0.6 is 0 Å². The number of aromatic nitrogens is 2. The van der Waals surface area contributed by atoms with Gasteiger partial charge in [-0.05, 0) is 68.3 Å². The van der Waals surface area contributed by atoms with Gasteiger partial charge in [-0.2, -0.15) is 8.80 Å². The number of hydrogen-bond acceptors (Lipinski definition) is 1. The Balaban J connectivity index is 1.65. The van der Waals surface area contributed by atoms with E-state index in [1.165, 1.54) is 70.2 Å². The minimum Gasteiger partial charge on any atom is -0.372 e. The molecular weight excluding hydrogens is 330 g/mol. The Kier molecular flexibility index (Phi) is 3.04. The van der Waals surface area contributed by atoms with E-state index < -0.39 is 0 Å². The number of benzene rings is 2. The molecule has 0 bridgehead atoms. The lowest BCUT2D eigenvalue weighted by Gasteiger charge is -2.17. The highest BCUT2D eigenvalue weighted by molar-refractivity contribution is 5.86. The fraction of sp³-hybridized carbons (Fsp3) is 0.208. The Bertz CT molecular complexity index is 1340. The first-order valence-corrected chi connectivity index (χ1v) is 9.82. The smallest absolute Gasteiger partial charge is 0.292 e. The van der Waals surface area contributed by atoms with E-state index in [0.29, 0.717) is 0 Å². The van der Waals surface area contributed by atoms with Crippen LogP contribution in [0.1, 0.15) is 18.4 Å². The first kappa shape index (κ1) is 15.0. The van der Waals surface area contributed by atoms with Gasteiger partial charge in [0.25, 0.3) is 5.65 Å². The van der Waals surface area contributed by atoms with Gasteiger partial charge < -0.3 is 4.90 Å². The molecule has 132 valence electrons. The highest BCUT2D eigenvalue weighted by Crippen LogP contribution is 2.26. The van der Waals surface area contributed by atoms with Crippen LogP contribution in [0, 0.1) is 6.92 Å². The monoisotopic (exact) mass is 352 g/mol. The predicted molar refractivity (Wildman–Crippen MR) is 112 cm³/mol. The van der Waals surface area contributed by atoms with Crippen LogP contribution < -0.4 is 9.30 Å². The number of aryl methyl sites for hydroxylation is 1. The van der Waals surface area contributed by atoms with Gasteiger partial charge in [0, 0.05) is 35.6 Å². The largest absolute Gasteiger partial charge is 0.372 e. The van der Waals surface area contributed by atoms with Crippen LogP contribution in [0.4, 0.5) is 5.69 Å². The highest BCUT2D eigenvalue weighted by Gasteiger charge is 2.18. The van der Waals surface area contributed by atoms with Gasteiger partial charge in [0.1, 0.15) is 17.2 Å². The number of anilines is 1. The first-order valence-electron chi connectivity index (χ1n) is 9.82. The lowest BCUT2D eigenvalue weighted by atomic mass is 10.1. The van der Waals surface area contributed by atoms with Crippen LogP contribution in [0.25, 0.3) is 33.0 Å². The average molecular weight is 352 g/mol. The van der Waals surface area contributed by atoms with Gasteiger partial charge in [0.15, 0.2) is 5.52 Å². The number of rotatable bonds is 1. The fourth-order valence-electron chi connectivity index (χ4n) is 4.64. The summed E-state index contributed by atoms with van der Waals surface area (Å²) in [5.74, 6) is 0. The van der Waals surface area contributed by atoms with Crippen molar-refractivity contribution in [2.24, 2.45) is 0 Å². The Hall–Kier alpha value is -3.07. The first-order chi connectivity index (χ1) is 13.3. The van der Waals surface area contributed by atoms with E-state index in [-0.39, 0.29) is 0 Å². The predicted octanol–water partition coefficient (Wildman–Crippen LogP) is 4.89. The second-order valence-electron chi connectivity index (χ2n) is 7.78. The van der Waals surface area contributed by atoms with Crippen molar-refractivity contribution >= 4 is 38.7 Å². The molecule has 0 aliphatic carbocycles. The van der Waals surface area contributed by atoms with E-state index in [2.05, 4.69) is 87.5 Å². The van der Waals surface area contributed by atoms with Crippen LogP contribution in [-0.4, -0.2) is 17.5 Å². The Labute approximate surface area is 158 Å². The number of fused-ring (bicyclic) bond motifs is 7. The topological polar surface area (TPSA) is 11.8 Å². The van der Waals surface area contributed by atoms with Gasteiger partial charge in [-0.25, -0.2) is 0 Å². The normalized spacial score (nSPS) is 14.9. The van der Waals surface area contributed by atoms with Crippen LogP contribution in [0.5, 0.6) is 0 Å². The molecule has 1 saturated heterocycles. The Morgan fingerprint density at radius 1 is 0.815 bits per heavy atom. The molecule has 0 N–H and O–H groups in total. The van der Waals surface area contributed by atoms with Gasteiger partial charge in [-0.15, -0.1) is 0 Å². The molecule has 5 aromatic rings. The number of imidazole rings is 1. The van der Waals surface area contributed by atoms with E-state index in [1.54, 1.807) is 0 Å². The highest BCUT2D eigenvalue weighted by atomic mass is 15.1. The standard InChI is InChI=1S/C24H22N3/c1-17-4-9-23-18(14-17)5-7-21-16-26-22-10-8-20(25-12-2-3-13-25)15-19(22)6-11-24(26)27(21)23/h4-11,14-16H,2-3,12-13H2,1H3/q+1. The molecule has 1 aliphatic heterocycles. The molecule has 6 rings (SSSR count). The molecule has 2 aromatic carbocycles. The van der Waals surface area contributed by atoms with Crippen LogP contribution in [-0.2, 0) is 0 Å². The molecule has 1 fully saturated rings. The van der Waals surface area contributed by atoms with Crippen LogP contribution in [0.2, 0.25) is 0 Å². The number of nitrogens with zero attached hydrogens (tertiary/aromatic N) is 3. The average Bonchev–Trinajstić information content (AvgIpc) is 3.35. The van der Waals surface area contributed by atoms with E-state index >= 15 is 0 Å². The molecule has 0 atom stereocenters. The molecule has 3 aromatic heterocycles. The summed E-state index contributed by atoms with van der Waals surface area (Å²) in [5.41, 5.74) is 7.60. The number of hydrogen-bond donors (Lipinski definition) is 0. The lowest BCUT2D eigenvalue weighted by Crippen LogP contribution is -2.21. The molecule has 0 unspecified atom stereocenters. The summed E-state index contributed by atoms with van der Waals surface area (Å²) in [6.45, 7) is 4.52. The molecule has 1 aliphatic rings. The summed E-state index contributed by atoms with van der Waals surface area (Å²) < 4.78 is 4.69. The lowest BCUT2D eigenvalue weighted by molar-refractivity contribution is -0.479. The Morgan fingerprint density at radius 3 is 2.56 bits per heavy atom. The summed E-state index contributed by atoms with van der Waals surface area (Å²) in [6.07, 6.45) is 4.87. The van der Waals surface area contributed by atoms with Crippen molar-refractivity contribution in [3.05, 3.63) is 72.4 Å². The summed E-state index contributed by atoms with van der Waals surface area (Å²) in [7, 11) is 0. The van der Waals surface area contributed by atoms with Gasteiger partial charge >= 0.3 is 0 Å². The minimum atomic E-state index is 1.18. The third-order valence-corrected chi connectivity index (χ3v) is 6.01. The molecule has 0 radical (unpaired) electrons. The van der Waals surface area contributed by atoms with Crippen LogP contribution in [0.3, 0.4) is 0 Å². The molecule has 27 heavy (non-hydrogen) atoms. The van der Waals surface area contributed by atoms with Gasteiger partial charge in [0.05, 0.1) is 0 Å². The zero-order valence-electron chi connectivity index (χ0n) is 15.5. The number of pyridine rings is 2. The maximum Gasteiger partial charge on any atom is 0.292 e. The molecule has 0 spiro atoms. The van der Waals surface area contributed by atoms with E-state index in [4.69, 9.17) is 0 Å². The van der Waals surface area contributed by atoms with Gasteiger partial charge in [-0.3, -0.25) is 0 Å². The van der Waals surface area contributed by atoms with Crippen molar-refractivity contribution in [2.75, 3.05) is 18.0 Å². The fourth-order valence-corrected chi connectivity index (χ4v) is 4.64. The van der Waals surface area contributed by atoms with E-state index in [9.17, 15) is 0 Å². The summed E-state index contributed by atoms with van der Waals surface area (Å²) in [4.78, 5) is 2.50. The van der Waals surface area contributed by atoms with Crippen molar-refractivity contribution in [3.63, 3.8) is 0 Å². The molecule has 3 heteroatoms. The minimum absolute atomic E-state index is 1.18. The van der Waals surface area contributed by atoms with E-state index in [1.807, 2.05) is 0 Å². The summed E-state index contributed by atoms with van der Waals surface area (Å²) >= 11 is 0. The molecular formula is C24H22N3+. The second kappa shape index (κ2) is 5.46. The zero-order valence-corrected chi connectivity index (χ0v) is 15.5. The van der Waals surface area contributed by atoms with E-state index in [0.717, 1.165) is 0 Å². The zero-order chi connectivity index (χ0) is 18.0. The third-order valence-electron chi connectivity index (χ3n) is 6.01. The van der Waals surface area contributed by atoms with Gasteiger partial charge in [0.2, 0.25) is 0 Å². The quantitative estimate of drug-likeness (QED) is 0.391. The maximum atomic E-state index is 2.50. The van der Waals surface area contributed by atoms with Crippen LogP contribution in [0.15, 0.2) is 66.9 Å². The molecule has 4 heterocycles. The van der Waals surface area contributed by atoms with Crippen molar-refractivity contribution in [1.82, 2.24) is 4.40 Å². The maximum absolute atomic E-state index is 2.50. The van der Waals surface area contributed by atoms with Crippen molar-refractivity contribution in [2.45, 2.75) is 19.8 Å². The van der Waals surface area contributed by atoms with Crippen molar-refractivity contribution < 1.29 is 4.40 Å².